The maximum absolute atomic E-state index is 4.01. The highest BCUT2D eigenvalue weighted by atomic mass is 15.0. The van der Waals surface area contributed by atoms with Gasteiger partial charge >= 0.3 is 0 Å². The van der Waals surface area contributed by atoms with Gasteiger partial charge in [-0.05, 0) is 62.2 Å². The fourth-order valence-electron chi connectivity index (χ4n) is 4.52. The van der Waals surface area contributed by atoms with Crippen LogP contribution in [0.5, 0.6) is 0 Å². The van der Waals surface area contributed by atoms with Crippen molar-refractivity contribution < 1.29 is 0 Å². The van der Waals surface area contributed by atoms with Crippen LogP contribution in [-0.2, 0) is 0 Å². The lowest BCUT2D eigenvalue weighted by Crippen LogP contribution is -2.47. The molecule has 1 N–H and O–H groups in total. The van der Waals surface area contributed by atoms with Crippen molar-refractivity contribution in [3.63, 3.8) is 0 Å². The van der Waals surface area contributed by atoms with Crippen molar-refractivity contribution in [2.24, 2.45) is 17.3 Å². The van der Waals surface area contributed by atoms with Crippen molar-refractivity contribution in [2.75, 3.05) is 0 Å². The first-order valence-corrected chi connectivity index (χ1v) is 8.76. The van der Waals surface area contributed by atoms with Gasteiger partial charge in [-0.1, -0.05) is 40.5 Å². The molecule has 0 amide bonds. The van der Waals surface area contributed by atoms with Crippen molar-refractivity contribution in [3.05, 3.63) is 0 Å². The van der Waals surface area contributed by atoms with Crippen LogP contribution in [0.3, 0.4) is 0 Å². The molecule has 19 heavy (non-hydrogen) atoms. The average Bonchev–Trinajstić information content (AvgIpc) is 2.35. The number of hydrogen-bond acceptors (Lipinski definition) is 1. The summed E-state index contributed by atoms with van der Waals surface area (Å²) < 4.78 is 0. The van der Waals surface area contributed by atoms with Crippen molar-refractivity contribution >= 4 is 0 Å². The van der Waals surface area contributed by atoms with E-state index in [1.54, 1.807) is 0 Å². The topological polar surface area (TPSA) is 12.0 Å². The third-order valence-electron chi connectivity index (χ3n) is 5.69. The minimum absolute atomic E-state index is 0.580. The van der Waals surface area contributed by atoms with Crippen molar-refractivity contribution in [3.8, 4) is 0 Å². The van der Waals surface area contributed by atoms with E-state index in [1.165, 1.54) is 57.8 Å². The van der Waals surface area contributed by atoms with E-state index in [1.807, 2.05) is 0 Å². The molecule has 2 fully saturated rings. The molecule has 2 atom stereocenters. The molecule has 1 heteroatoms. The van der Waals surface area contributed by atoms with E-state index in [2.05, 4.69) is 33.0 Å². The molecule has 0 saturated heterocycles. The van der Waals surface area contributed by atoms with E-state index in [-0.39, 0.29) is 0 Å². The van der Waals surface area contributed by atoms with Crippen LogP contribution in [0.1, 0.15) is 85.5 Å². The molecule has 2 unspecified atom stereocenters. The number of hydrogen-bond donors (Lipinski definition) is 1. The zero-order valence-corrected chi connectivity index (χ0v) is 13.7. The molecule has 0 aromatic carbocycles. The molecule has 0 aromatic heterocycles. The largest absolute Gasteiger partial charge is 0.311 e. The van der Waals surface area contributed by atoms with Gasteiger partial charge in [0.25, 0.3) is 0 Å². The molecule has 2 aliphatic rings. The molecule has 0 aliphatic heterocycles. The predicted molar refractivity (Wildman–Crippen MR) is 84.4 cm³/mol. The lowest BCUT2D eigenvalue weighted by atomic mass is 9.70. The van der Waals surface area contributed by atoms with Crippen LogP contribution in [0.15, 0.2) is 0 Å². The van der Waals surface area contributed by atoms with E-state index >= 15 is 0 Å². The molecule has 0 heterocycles. The zero-order chi connectivity index (χ0) is 13.9. The van der Waals surface area contributed by atoms with Crippen LogP contribution >= 0.6 is 0 Å². The highest BCUT2D eigenvalue weighted by molar-refractivity contribution is 4.89. The van der Waals surface area contributed by atoms with E-state index < -0.39 is 0 Å². The lowest BCUT2D eigenvalue weighted by molar-refractivity contribution is 0.131. The van der Waals surface area contributed by atoms with Gasteiger partial charge in [0.1, 0.15) is 0 Å². The van der Waals surface area contributed by atoms with Gasteiger partial charge in [-0.25, -0.2) is 0 Å². The van der Waals surface area contributed by atoms with Crippen LogP contribution in [-0.4, -0.2) is 12.1 Å². The van der Waals surface area contributed by atoms with Gasteiger partial charge in [0.15, 0.2) is 0 Å². The predicted octanol–water partition coefficient (Wildman–Crippen LogP) is 5.15. The Morgan fingerprint density at radius 3 is 2.32 bits per heavy atom. The monoisotopic (exact) mass is 265 g/mol. The van der Waals surface area contributed by atoms with Crippen LogP contribution in [0.2, 0.25) is 0 Å². The molecular weight excluding hydrogens is 230 g/mol. The zero-order valence-electron chi connectivity index (χ0n) is 13.7. The van der Waals surface area contributed by atoms with Crippen LogP contribution in [0.4, 0.5) is 0 Å². The molecule has 0 aromatic rings. The number of rotatable bonds is 4. The van der Waals surface area contributed by atoms with Gasteiger partial charge < -0.3 is 5.32 Å². The van der Waals surface area contributed by atoms with Gasteiger partial charge in [-0.15, -0.1) is 0 Å². The first-order valence-electron chi connectivity index (χ1n) is 8.76. The summed E-state index contributed by atoms with van der Waals surface area (Å²) in [5, 5.41) is 4.01. The van der Waals surface area contributed by atoms with E-state index in [0.29, 0.717) is 5.41 Å². The fraction of sp³-hybridized carbons (Fsp3) is 1.00. The highest BCUT2D eigenvalue weighted by Crippen LogP contribution is 2.39. The van der Waals surface area contributed by atoms with Crippen LogP contribution < -0.4 is 5.32 Å². The summed E-state index contributed by atoms with van der Waals surface area (Å²) in [6.45, 7) is 9.67. The Balaban J connectivity index is 1.74. The van der Waals surface area contributed by atoms with Crippen molar-refractivity contribution in [1.82, 2.24) is 5.32 Å². The second kappa shape index (κ2) is 6.61. The third-order valence-corrected chi connectivity index (χ3v) is 5.69. The minimum Gasteiger partial charge on any atom is -0.311 e. The summed E-state index contributed by atoms with van der Waals surface area (Å²) in [6, 6.07) is 1.61. The summed E-state index contributed by atoms with van der Waals surface area (Å²) >= 11 is 0. The molecular formula is C18H35N. The SMILES string of the molecule is CCCC1CCC(NC2CCC(C)(C)CC2C)CC1. The van der Waals surface area contributed by atoms with Gasteiger partial charge in [0.05, 0.1) is 0 Å². The molecule has 2 saturated carbocycles. The minimum atomic E-state index is 0.580. The summed E-state index contributed by atoms with van der Waals surface area (Å²) in [7, 11) is 0. The molecule has 0 bridgehead atoms. The van der Waals surface area contributed by atoms with Crippen molar-refractivity contribution in [2.45, 2.75) is 97.6 Å². The maximum Gasteiger partial charge on any atom is 0.00956 e. The first kappa shape index (κ1) is 15.4. The van der Waals surface area contributed by atoms with Crippen LogP contribution in [0, 0.1) is 17.3 Å². The van der Waals surface area contributed by atoms with Gasteiger partial charge in [0, 0.05) is 12.1 Å². The molecule has 1 nitrogen and oxygen atoms in total. The molecule has 112 valence electrons. The standard InChI is InChI=1S/C18H35N/c1-5-6-15-7-9-16(10-8-15)19-17-11-12-18(3,4)13-14(17)2/h14-17,19H,5-13H2,1-4H3. The third kappa shape index (κ3) is 4.48. The lowest BCUT2D eigenvalue weighted by Gasteiger charge is -2.42. The van der Waals surface area contributed by atoms with Gasteiger partial charge in [0.2, 0.25) is 0 Å². The molecule has 2 rings (SSSR count). The van der Waals surface area contributed by atoms with Crippen LogP contribution in [0.25, 0.3) is 0 Å². The Hall–Kier alpha value is -0.0400. The first-order chi connectivity index (χ1) is 9.00. The molecule has 0 spiro atoms. The Morgan fingerprint density at radius 1 is 1.05 bits per heavy atom. The second-order valence-corrected chi connectivity index (χ2v) is 8.16. The van der Waals surface area contributed by atoms with E-state index in [9.17, 15) is 0 Å². The smallest absolute Gasteiger partial charge is 0.00956 e. The summed E-state index contributed by atoms with van der Waals surface area (Å²) in [4.78, 5) is 0. The summed E-state index contributed by atoms with van der Waals surface area (Å²) in [5.74, 6) is 1.89. The van der Waals surface area contributed by atoms with Gasteiger partial charge in [-0.3, -0.25) is 0 Å². The number of nitrogens with one attached hydrogen (secondary N) is 1. The van der Waals surface area contributed by atoms with Gasteiger partial charge in [-0.2, -0.15) is 0 Å². The fourth-order valence-corrected chi connectivity index (χ4v) is 4.52. The van der Waals surface area contributed by atoms with E-state index in [0.717, 1.165) is 23.9 Å². The average molecular weight is 265 g/mol. The highest BCUT2D eigenvalue weighted by Gasteiger charge is 2.33. The molecule has 0 radical (unpaired) electrons. The van der Waals surface area contributed by atoms with E-state index in [4.69, 9.17) is 0 Å². The quantitative estimate of drug-likeness (QED) is 0.741. The Kier molecular flexibility index (Phi) is 5.34. The second-order valence-electron chi connectivity index (χ2n) is 8.16. The Bertz CT molecular complexity index is 263. The maximum atomic E-state index is 4.01. The summed E-state index contributed by atoms with van der Waals surface area (Å²) in [6.07, 6.45) is 12.8. The van der Waals surface area contributed by atoms with Crippen molar-refractivity contribution in [1.29, 1.82) is 0 Å². The molecule has 2 aliphatic carbocycles. The normalized spacial score (nSPS) is 39.2. The Labute approximate surface area is 120 Å². The Morgan fingerprint density at radius 2 is 1.74 bits per heavy atom. The summed E-state index contributed by atoms with van der Waals surface area (Å²) in [5.41, 5.74) is 0.580.